The van der Waals surface area contributed by atoms with Crippen LogP contribution in [0.25, 0.3) is 0 Å². The maximum absolute atomic E-state index is 12.3. The Morgan fingerprint density at radius 1 is 1.22 bits per heavy atom. The number of benzene rings is 1. The van der Waals surface area contributed by atoms with E-state index < -0.39 is 21.2 Å². The Hall–Kier alpha value is -2.09. The average Bonchev–Trinajstić information content (AvgIpc) is 2.54. The molecule has 23 heavy (non-hydrogen) atoms. The summed E-state index contributed by atoms with van der Waals surface area (Å²) in [5.74, 6) is -0.556. The number of sulfonamides is 1. The zero-order valence-electron chi connectivity index (χ0n) is 12.5. The standard InChI is InChI=1S/C15H18N2O5S/c18-14-9-22-13-7-6-10(8-12(13)16-14)15(19)17-23(20,21)11-4-2-1-3-5-11/h6-8,11H,1-5,9H2,(H,16,18)(H,17,19). The summed E-state index contributed by atoms with van der Waals surface area (Å²) in [7, 11) is -3.68. The number of anilines is 1. The maximum atomic E-state index is 12.3. The summed E-state index contributed by atoms with van der Waals surface area (Å²) in [6, 6.07) is 4.43. The summed E-state index contributed by atoms with van der Waals surface area (Å²) >= 11 is 0. The number of hydrogen-bond acceptors (Lipinski definition) is 5. The summed E-state index contributed by atoms with van der Waals surface area (Å²) < 4.78 is 31.9. The second kappa shape index (κ2) is 6.19. The minimum Gasteiger partial charge on any atom is -0.482 e. The highest BCUT2D eigenvalue weighted by molar-refractivity contribution is 7.90. The smallest absolute Gasteiger partial charge is 0.264 e. The molecule has 8 heteroatoms. The van der Waals surface area contributed by atoms with E-state index in [2.05, 4.69) is 10.0 Å². The first kappa shape index (κ1) is 15.8. The van der Waals surface area contributed by atoms with Crippen molar-refractivity contribution in [2.45, 2.75) is 37.4 Å². The molecule has 1 heterocycles. The van der Waals surface area contributed by atoms with E-state index in [1.165, 1.54) is 18.2 Å². The quantitative estimate of drug-likeness (QED) is 0.868. The molecular formula is C15H18N2O5S. The van der Waals surface area contributed by atoms with Crippen LogP contribution in [0, 0.1) is 0 Å². The minimum atomic E-state index is -3.68. The fraction of sp³-hybridized carbons (Fsp3) is 0.467. The molecule has 7 nitrogen and oxygen atoms in total. The molecule has 1 fully saturated rings. The maximum Gasteiger partial charge on any atom is 0.264 e. The van der Waals surface area contributed by atoms with E-state index >= 15 is 0 Å². The van der Waals surface area contributed by atoms with Gasteiger partial charge in [0, 0.05) is 5.56 Å². The van der Waals surface area contributed by atoms with Gasteiger partial charge in [-0.05, 0) is 31.0 Å². The highest BCUT2D eigenvalue weighted by Gasteiger charge is 2.29. The third-order valence-corrected chi connectivity index (χ3v) is 5.92. The lowest BCUT2D eigenvalue weighted by Gasteiger charge is -2.22. The monoisotopic (exact) mass is 338 g/mol. The van der Waals surface area contributed by atoms with Crippen molar-refractivity contribution in [3.05, 3.63) is 23.8 Å². The molecule has 1 aliphatic carbocycles. The second-order valence-electron chi connectivity index (χ2n) is 5.78. The van der Waals surface area contributed by atoms with Gasteiger partial charge in [0.1, 0.15) is 5.75 Å². The highest BCUT2D eigenvalue weighted by atomic mass is 32.2. The van der Waals surface area contributed by atoms with Gasteiger partial charge in [0.15, 0.2) is 6.61 Å². The van der Waals surface area contributed by atoms with E-state index in [9.17, 15) is 18.0 Å². The average molecular weight is 338 g/mol. The normalized spacial score (nSPS) is 18.5. The molecule has 0 atom stereocenters. The molecule has 1 saturated carbocycles. The zero-order valence-corrected chi connectivity index (χ0v) is 13.3. The molecule has 1 aliphatic heterocycles. The van der Waals surface area contributed by atoms with Crippen LogP contribution in [-0.4, -0.2) is 32.1 Å². The van der Waals surface area contributed by atoms with E-state index in [0.717, 1.165) is 19.3 Å². The molecule has 2 amide bonds. The summed E-state index contributed by atoms with van der Waals surface area (Å²) in [5.41, 5.74) is 0.526. The minimum absolute atomic E-state index is 0.0748. The number of carbonyl (C=O) groups is 2. The third-order valence-electron chi connectivity index (χ3n) is 4.10. The van der Waals surface area contributed by atoms with Gasteiger partial charge in [-0.1, -0.05) is 19.3 Å². The Labute approximate surface area is 134 Å². The van der Waals surface area contributed by atoms with Crippen LogP contribution in [-0.2, 0) is 14.8 Å². The Balaban J connectivity index is 1.75. The number of rotatable bonds is 3. The van der Waals surface area contributed by atoms with Crippen LogP contribution >= 0.6 is 0 Å². The van der Waals surface area contributed by atoms with Crippen LogP contribution in [0.4, 0.5) is 5.69 Å². The number of carbonyl (C=O) groups excluding carboxylic acids is 2. The van der Waals surface area contributed by atoms with E-state index in [4.69, 9.17) is 4.74 Å². The number of amides is 2. The molecule has 0 radical (unpaired) electrons. The summed E-state index contributed by atoms with van der Waals surface area (Å²) in [6.45, 7) is -0.0748. The number of ether oxygens (including phenoxy) is 1. The Morgan fingerprint density at radius 3 is 2.70 bits per heavy atom. The molecule has 2 aliphatic rings. The van der Waals surface area contributed by atoms with Crippen molar-refractivity contribution in [2.75, 3.05) is 11.9 Å². The first-order valence-electron chi connectivity index (χ1n) is 7.58. The third kappa shape index (κ3) is 3.47. The van der Waals surface area contributed by atoms with Crippen LogP contribution in [0.3, 0.4) is 0 Å². The Bertz CT molecular complexity index is 738. The molecule has 1 aromatic rings. The van der Waals surface area contributed by atoms with Crippen LogP contribution in [0.2, 0.25) is 0 Å². The predicted molar refractivity (Wildman–Crippen MR) is 83.8 cm³/mol. The Kier molecular flexibility index (Phi) is 4.25. The topological polar surface area (TPSA) is 102 Å². The van der Waals surface area contributed by atoms with Gasteiger partial charge in [0.25, 0.3) is 11.8 Å². The molecular weight excluding hydrogens is 320 g/mol. The predicted octanol–water partition coefficient (Wildman–Crippen LogP) is 1.41. The van der Waals surface area contributed by atoms with E-state index in [0.29, 0.717) is 24.3 Å². The molecule has 124 valence electrons. The van der Waals surface area contributed by atoms with E-state index in [1.54, 1.807) is 0 Å². The molecule has 0 spiro atoms. The molecule has 2 N–H and O–H groups in total. The van der Waals surface area contributed by atoms with Crippen molar-refractivity contribution < 1.29 is 22.7 Å². The van der Waals surface area contributed by atoms with Gasteiger partial charge >= 0.3 is 0 Å². The lowest BCUT2D eigenvalue weighted by atomic mass is 10.0. The summed E-state index contributed by atoms with van der Waals surface area (Å²) in [5, 5.41) is 2.07. The molecule has 1 aromatic carbocycles. The molecule has 0 aromatic heterocycles. The van der Waals surface area contributed by atoms with Gasteiger partial charge in [0.2, 0.25) is 10.0 Å². The van der Waals surface area contributed by atoms with Gasteiger partial charge in [0.05, 0.1) is 10.9 Å². The van der Waals surface area contributed by atoms with Crippen molar-refractivity contribution in [1.82, 2.24) is 4.72 Å². The Morgan fingerprint density at radius 2 is 1.96 bits per heavy atom. The fourth-order valence-electron chi connectivity index (χ4n) is 2.87. The van der Waals surface area contributed by atoms with Crippen LogP contribution in [0.15, 0.2) is 18.2 Å². The molecule has 0 unspecified atom stereocenters. The largest absolute Gasteiger partial charge is 0.482 e. The van der Waals surface area contributed by atoms with E-state index in [-0.39, 0.29) is 18.1 Å². The summed E-state index contributed by atoms with van der Waals surface area (Å²) in [4.78, 5) is 23.5. The number of hydrogen-bond donors (Lipinski definition) is 2. The van der Waals surface area contributed by atoms with Crippen molar-refractivity contribution in [1.29, 1.82) is 0 Å². The highest BCUT2D eigenvalue weighted by Crippen LogP contribution is 2.29. The molecule has 3 rings (SSSR count). The zero-order chi connectivity index (χ0) is 16.4. The van der Waals surface area contributed by atoms with Crippen molar-refractivity contribution in [3.63, 3.8) is 0 Å². The molecule has 0 bridgehead atoms. The van der Waals surface area contributed by atoms with Crippen LogP contribution in [0.1, 0.15) is 42.5 Å². The van der Waals surface area contributed by atoms with Crippen molar-refractivity contribution in [3.8, 4) is 5.75 Å². The van der Waals surface area contributed by atoms with Gasteiger partial charge in [-0.15, -0.1) is 0 Å². The lowest BCUT2D eigenvalue weighted by Crippen LogP contribution is -2.39. The lowest BCUT2D eigenvalue weighted by molar-refractivity contribution is -0.118. The first-order chi connectivity index (χ1) is 11.0. The van der Waals surface area contributed by atoms with Crippen LogP contribution < -0.4 is 14.8 Å². The number of fused-ring (bicyclic) bond motifs is 1. The second-order valence-corrected chi connectivity index (χ2v) is 7.74. The SMILES string of the molecule is O=C1COc2ccc(C(=O)NS(=O)(=O)C3CCCCC3)cc2N1. The molecule has 0 saturated heterocycles. The van der Waals surface area contributed by atoms with Gasteiger partial charge in [-0.2, -0.15) is 0 Å². The van der Waals surface area contributed by atoms with Crippen molar-refractivity contribution >= 4 is 27.5 Å². The van der Waals surface area contributed by atoms with E-state index in [1.807, 2.05) is 0 Å². The van der Waals surface area contributed by atoms with Gasteiger partial charge < -0.3 is 10.1 Å². The fourth-order valence-corrected chi connectivity index (χ4v) is 4.37. The van der Waals surface area contributed by atoms with Gasteiger partial charge in [-0.25, -0.2) is 13.1 Å². The first-order valence-corrected chi connectivity index (χ1v) is 9.13. The van der Waals surface area contributed by atoms with Crippen LogP contribution in [0.5, 0.6) is 5.75 Å². The number of nitrogens with one attached hydrogen (secondary N) is 2. The van der Waals surface area contributed by atoms with Gasteiger partial charge in [-0.3, -0.25) is 9.59 Å². The van der Waals surface area contributed by atoms with Crippen molar-refractivity contribution in [2.24, 2.45) is 0 Å². The summed E-state index contributed by atoms with van der Waals surface area (Å²) in [6.07, 6.45) is 3.92.